The van der Waals surface area contributed by atoms with Crippen LogP contribution in [0.3, 0.4) is 0 Å². The monoisotopic (exact) mass is 275 g/mol. The van der Waals surface area contributed by atoms with Crippen molar-refractivity contribution in [1.82, 2.24) is 4.72 Å². The molecule has 0 aliphatic heterocycles. The van der Waals surface area contributed by atoms with Crippen molar-refractivity contribution in [2.45, 2.75) is 58.4 Å². The maximum Gasteiger partial charge on any atom is 0.212 e. The molecule has 0 aromatic heterocycles. The molecule has 1 saturated carbocycles. The normalized spacial score (nSPS) is 19.9. The van der Waals surface area contributed by atoms with E-state index in [0.29, 0.717) is 19.3 Å². The lowest BCUT2D eigenvalue weighted by Gasteiger charge is -2.29. The van der Waals surface area contributed by atoms with Gasteiger partial charge in [-0.05, 0) is 24.7 Å². The van der Waals surface area contributed by atoms with Crippen molar-refractivity contribution in [3.63, 3.8) is 0 Å². The first kappa shape index (κ1) is 15.4. The summed E-state index contributed by atoms with van der Waals surface area (Å²) in [6.07, 6.45) is 3.70. The first-order valence-electron chi connectivity index (χ1n) is 6.43. The fraction of sp³-hybridized carbons (Fsp3) is 0.917. The first-order chi connectivity index (χ1) is 8.06. The summed E-state index contributed by atoms with van der Waals surface area (Å²) in [6.45, 7) is 6.04. The van der Waals surface area contributed by atoms with Gasteiger partial charge in [0.1, 0.15) is 5.84 Å². The standard InChI is InChI=1S/C12H25N3O2S/c1-11(2,3)8-9-18(16,17)15-12(10(13)14)6-4-5-7-12/h15H,4-9H2,1-3H3,(H3,13,14). The van der Waals surface area contributed by atoms with E-state index in [1.54, 1.807) is 0 Å². The Bertz CT molecular complexity index is 404. The van der Waals surface area contributed by atoms with Crippen LogP contribution in [0.1, 0.15) is 52.9 Å². The molecule has 1 aliphatic rings. The van der Waals surface area contributed by atoms with Gasteiger partial charge >= 0.3 is 0 Å². The summed E-state index contributed by atoms with van der Waals surface area (Å²) in [6, 6.07) is 0. The Balaban J connectivity index is 2.72. The van der Waals surface area contributed by atoms with Crippen LogP contribution in [-0.4, -0.2) is 25.5 Å². The van der Waals surface area contributed by atoms with Crippen LogP contribution >= 0.6 is 0 Å². The average Bonchev–Trinajstić information content (AvgIpc) is 2.63. The molecule has 0 spiro atoms. The predicted molar refractivity (Wildman–Crippen MR) is 74.1 cm³/mol. The highest BCUT2D eigenvalue weighted by Gasteiger charge is 2.40. The zero-order valence-electron chi connectivity index (χ0n) is 11.5. The molecular weight excluding hydrogens is 250 g/mol. The number of sulfonamides is 1. The van der Waals surface area contributed by atoms with Crippen molar-refractivity contribution in [2.24, 2.45) is 11.1 Å². The van der Waals surface area contributed by atoms with Crippen molar-refractivity contribution in [1.29, 1.82) is 5.41 Å². The lowest BCUT2D eigenvalue weighted by Crippen LogP contribution is -2.55. The van der Waals surface area contributed by atoms with Crippen molar-refractivity contribution in [3.8, 4) is 0 Å². The van der Waals surface area contributed by atoms with E-state index in [-0.39, 0.29) is 17.0 Å². The molecule has 0 heterocycles. The van der Waals surface area contributed by atoms with Crippen LogP contribution in [0.25, 0.3) is 0 Å². The second kappa shape index (κ2) is 5.17. The molecule has 0 atom stereocenters. The van der Waals surface area contributed by atoms with E-state index in [0.717, 1.165) is 12.8 Å². The zero-order chi connectivity index (χ0) is 14.0. The largest absolute Gasteiger partial charge is 0.386 e. The molecule has 6 heteroatoms. The Morgan fingerprint density at radius 1 is 1.33 bits per heavy atom. The van der Waals surface area contributed by atoms with Gasteiger partial charge in [0.15, 0.2) is 0 Å². The molecule has 5 nitrogen and oxygen atoms in total. The number of rotatable bonds is 5. The van der Waals surface area contributed by atoms with Crippen LogP contribution in [0.4, 0.5) is 0 Å². The Hall–Kier alpha value is -0.620. The van der Waals surface area contributed by atoms with E-state index in [4.69, 9.17) is 11.1 Å². The maximum absolute atomic E-state index is 12.1. The van der Waals surface area contributed by atoms with Gasteiger partial charge in [0.05, 0.1) is 11.3 Å². The molecule has 4 N–H and O–H groups in total. The minimum absolute atomic E-state index is 0.0200. The third kappa shape index (κ3) is 4.24. The summed E-state index contributed by atoms with van der Waals surface area (Å²) in [5.74, 6) is 0.0326. The van der Waals surface area contributed by atoms with Gasteiger partial charge in [-0.15, -0.1) is 0 Å². The van der Waals surface area contributed by atoms with Crippen LogP contribution in [0.2, 0.25) is 0 Å². The molecular formula is C12H25N3O2S. The van der Waals surface area contributed by atoms with E-state index in [9.17, 15) is 8.42 Å². The highest BCUT2D eigenvalue weighted by Crippen LogP contribution is 2.30. The van der Waals surface area contributed by atoms with Crippen molar-refractivity contribution in [3.05, 3.63) is 0 Å². The lowest BCUT2D eigenvalue weighted by molar-refractivity contribution is 0.394. The molecule has 1 aliphatic carbocycles. The fourth-order valence-corrected chi connectivity index (χ4v) is 4.09. The smallest absolute Gasteiger partial charge is 0.212 e. The zero-order valence-corrected chi connectivity index (χ0v) is 12.4. The van der Waals surface area contributed by atoms with Gasteiger partial charge in [-0.3, -0.25) is 5.41 Å². The van der Waals surface area contributed by atoms with Gasteiger partial charge in [0.25, 0.3) is 0 Å². The molecule has 1 rings (SSSR count). The summed E-state index contributed by atoms with van der Waals surface area (Å²) in [7, 11) is -3.37. The fourth-order valence-electron chi connectivity index (χ4n) is 2.19. The first-order valence-corrected chi connectivity index (χ1v) is 8.08. The van der Waals surface area contributed by atoms with Gasteiger partial charge in [-0.1, -0.05) is 33.6 Å². The van der Waals surface area contributed by atoms with E-state index in [1.165, 1.54) is 0 Å². The van der Waals surface area contributed by atoms with Crippen LogP contribution in [-0.2, 0) is 10.0 Å². The van der Waals surface area contributed by atoms with Crippen molar-refractivity contribution < 1.29 is 8.42 Å². The molecule has 0 amide bonds. The van der Waals surface area contributed by atoms with Gasteiger partial charge in [-0.25, -0.2) is 13.1 Å². The number of hydrogen-bond acceptors (Lipinski definition) is 3. The van der Waals surface area contributed by atoms with Gasteiger partial charge in [0, 0.05) is 0 Å². The third-order valence-electron chi connectivity index (χ3n) is 3.44. The molecule has 0 aromatic carbocycles. The summed E-state index contributed by atoms with van der Waals surface area (Å²) < 4.78 is 26.8. The van der Waals surface area contributed by atoms with Crippen molar-refractivity contribution >= 4 is 15.9 Å². The SMILES string of the molecule is CC(C)(C)CCS(=O)(=O)NC1(C(=N)N)CCCC1. The lowest BCUT2D eigenvalue weighted by atomic mass is 9.94. The van der Waals surface area contributed by atoms with Crippen LogP contribution in [0, 0.1) is 10.8 Å². The van der Waals surface area contributed by atoms with Gasteiger partial charge in [-0.2, -0.15) is 0 Å². The molecule has 0 radical (unpaired) electrons. The van der Waals surface area contributed by atoms with E-state index in [2.05, 4.69) is 4.72 Å². The van der Waals surface area contributed by atoms with Crippen LogP contribution < -0.4 is 10.5 Å². The van der Waals surface area contributed by atoms with E-state index >= 15 is 0 Å². The third-order valence-corrected chi connectivity index (χ3v) is 4.89. The maximum atomic E-state index is 12.1. The Morgan fingerprint density at radius 3 is 2.22 bits per heavy atom. The molecule has 1 fully saturated rings. The minimum atomic E-state index is -3.37. The number of nitrogens with two attached hydrogens (primary N) is 1. The molecule has 0 unspecified atom stereocenters. The molecule has 0 aromatic rings. The second-order valence-electron chi connectivity index (χ2n) is 6.43. The predicted octanol–water partition coefficient (Wildman–Crippen LogP) is 1.59. The molecule has 0 bridgehead atoms. The highest BCUT2D eigenvalue weighted by molar-refractivity contribution is 7.89. The van der Waals surface area contributed by atoms with Crippen molar-refractivity contribution in [2.75, 3.05) is 5.75 Å². The summed E-state index contributed by atoms with van der Waals surface area (Å²) in [5, 5.41) is 7.63. The van der Waals surface area contributed by atoms with E-state index in [1.807, 2.05) is 20.8 Å². The van der Waals surface area contributed by atoms with Gasteiger partial charge < -0.3 is 5.73 Å². The molecule has 18 heavy (non-hydrogen) atoms. The topological polar surface area (TPSA) is 96.0 Å². The highest BCUT2D eigenvalue weighted by atomic mass is 32.2. The number of hydrogen-bond donors (Lipinski definition) is 3. The van der Waals surface area contributed by atoms with Crippen LogP contribution in [0.15, 0.2) is 0 Å². The van der Waals surface area contributed by atoms with Gasteiger partial charge in [0.2, 0.25) is 10.0 Å². The Morgan fingerprint density at radius 2 is 1.83 bits per heavy atom. The quantitative estimate of drug-likeness (QED) is 0.525. The molecule has 106 valence electrons. The second-order valence-corrected chi connectivity index (χ2v) is 8.28. The summed E-state index contributed by atoms with van der Waals surface area (Å²) in [4.78, 5) is 0. The Labute approximate surface area is 110 Å². The van der Waals surface area contributed by atoms with E-state index < -0.39 is 15.6 Å². The minimum Gasteiger partial charge on any atom is -0.386 e. The number of nitrogens with one attached hydrogen (secondary N) is 2. The number of amidine groups is 1. The summed E-state index contributed by atoms with van der Waals surface area (Å²) in [5.41, 5.74) is 4.74. The Kier molecular flexibility index (Phi) is 4.43. The molecule has 0 saturated heterocycles. The van der Waals surface area contributed by atoms with Crippen LogP contribution in [0.5, 0.6) is 0 Å². The average molecular weight is 275 g/mol. The summed E-state index contributed by atoms with van der Waals surface area (Å²) >= 11 is 0.